The fourth-order valence-electron chi connectivity index (χ4n) is 2.44. The molecule has 0 aliphatic heterocycles. The van der Waals surface area contributed by atoms with Gasteiger partial charge in [-0.15, -0.1) is 0 Å². The number of carbonyl (C=O) groups is 2. The van der Waals surface area contributed by atoms with E-state index in [1.54, 1.807) is 29.9 Å². The maximum Gasteiger partial charge on any atom is 0.243 e. The van der Waals surface area contributed by atoms with Crippen molar-refractivity contribution >= 4 is 29.1 Å². The molecule has 7 nitrogen and oxygen atoms in total. The number of hydrogen-bond acceptors (Lipinski definition) is 4. The Bertz CT molecular complexity index is 801. The molecule has 8 heteroatoms. The van der Waals surface area contributed by atoms with E-state index in [0.717, 1.165) is 11.4 Å². The number of benzene rings is 1. The fraction of sp³-hybridized carbons (Fsp3) is 0.353. The number of rotatable bonds is 6. The first-order valence-corrected chi connectivity index (χ1v) is 8.08. The third-order valence-electron chi connectivity index (χ3n) is 3.81. The molecule has 2 rings (SSSR count). The molecule has 2 amide bonds. The summed E-state index contributed by atoms with van der Waals surface area (Å²) >= 11 is 5.95. The minimum Gasteiger partial charge on any atom is -0.496 e. The first-order chi connectivity index (χ1) is 11.8. The average molecular weight is 365 g/mol. The second-order valence-corrected chi connectivity index (χ2v) is 6.06. The zero-order chi connectivity index (χ0) is 18.6. The van der Waals surface area contributed by atoms with Crippen molar-refractivity contribution in [1.82, 2.24) is 15.1 Å². The highest BCUT2D eigenvalue weighted by Gasteiger charge is 2.14. The molecule has 2 N–H and O–H groups in total. The van der Waals surface area contributed by atoms with Gasteiger partial charge in [-0.2, -0.15) is 5.10 Å². The van der Waals surface area contributed by atoms with Crippen LogP contribution in [0, 0.1) is 13.8 Å². The highest BCUT2D eigenvalue weighted by atomic mass is 35.5. The number of anilines is 1. The van der Waals surface area contributed by atoms with E-state index in [4.69, 9.17) is 16.3 Å². The van der Waals surface area contributed by atoms with Crippen LogP contribution in [0.3, 0.4) is 0 Å². The van der Waals surface area contributed by atoms with Crippen LogP contribution in [-0.2, 0) is 23.1 Å². The van der Waals surface area contributed by atoms with Crippen molar-refractivity contribution in [1.29, 1.82) is 0 Å². The quantitative estimate of drug-likeness (QED) is 0.821. The van der Waals surface area contributed by atoms with Crippen LogP contribution in [-0.4, -0.2) is 35.2 Å². The Morgan fingerprint density at radius 2 is 2.00 bits per heavy atom. The molecule has 0 spiro atoms. The van der Waals surface area contributed by atoms with Crippen molar-refractivity contribution < 1.29 is 14.3 Å². The molecule has 0 unspecified atom stereocenters. The van der Waals surface area contributed by atoms with Gasteiger partial charge in [0.1, 0.15) is 5.75 Å². The van der Waals surface area contributed by atoms with Gasteiger partial charge in [0.05, 0.1) is 37.2 Å². The van der Waals surface area contributed by atoms with Gasteiger partial charge in [-0.05, 0) is 32.0 Å². The summed E-state index contributed by atoms with van der Waals surface area (Å²) in [6, 6.07) is 5.06. The minimum atomic E-state index is -0.314. The molecule has 0 atom stereocenters. The molecule has 134 valence electrons. The van der Waals surface area contributed by atoms with Gasteiger partial charge < -0.3 is 15.4 Å². The summed E-state index contributed by atoms with van der Waals surface area (Å²) in [5.74, 6) is -0.0356. The van der Waals surface area contributed by atoms with Gasteiger partial charge in [-0.3, -0.25) is 14.3 Å². The molecule has 2 aromatic rings. The second-order valence-electron chi connectivity index (χ2n) is 5.63. The van der Waals surface area contributed by atoms with Crippen molar-refractivity contribution in [2.45, 2.75) is 20.3 Å². The number of aryl methyl sites for hydroxylation is 2. The summed E-state index contributed by atoms with van der Waals surface area (Å²) < 4.78 is 6.90. The zero-order valence-electron chi connectivity index (χ0n) is 14.6. The van der Waals surface area contributed by atoms with Gasteiger partial charge >= 0.3 is 0 Å². The molecule has 0 aliphatic carbocycles. The maximum atomic E-state index is 12.1. The second kappa shape index (κ2) is 8.02. The molecule has 0 saturated carbocycles. The normalized spacial score (nSPS) is 10.4. The zero-order valence-corrected chi connectivity index (χ0v) is 15.4. The first-order valence-electron chi connectivity index (χ1n) is 7.71. The molecule has 0 saturated heterocycles. The number of ether oxygens (including phenoxy) is 1. The predicted molar refractivity (Wildman–Crippen MR) is 96.0 cm³/mol. The summed E-state index contributed by atoms with van der Waals surface area (Å²) in [6.07, 6.45) is 0.0714. The third-order valence-corrected chi connectivity index (χ3v) is 4.05. The van der Waals surface area contributed by atoms with Crippen LogP contribution in [0.5, 0.6) is 5.75 Å². The van der Waals surface area contributed by atoms with Crippen molar-refractivity contribution in [2.24, 2.45) is 7.05 Å². The summed E-state index contributed by atoms with van der Waals surface area (Å²) in [4.78, 5) is 24.1. The van der Waals surface area contributed by atoms with Crippen molar-refractivity contribution in [2.75, 3.05) is 19.0 Å². The monoisotopic (exact) mass is 364 g/mol. The Balaban J connectivity index is 1.92. The van der Waals surface area contributed by atoms with Crippen molar-refractivity contribution in [3.63, 3.8) is 0 Å². The summed E-state index contributed by atoms with van der Waals surface area (Å²) in [6.45, 7) is 3.54. The highest BCUT2D eigenvalue weighted by molar-refractivity contribution is 6.30. The van der Waals surface area contributed by atoms with Crippen LogP contribution in [0.2, 0.25) is 5.02 Å². The van der Waals surface area contributed by atoms with Gasteiger partial charge in [0.2, 0.25) is 11.8 Å². The number of aromatic nitrogens is 2. The summed E-state index contributed by atoms with van der Waals surface area (Å²) in [5.41, 5.74) is 2.90. The molecule has 1 heterocycles. The summed E-state index contributed by atoms with van der Waals surface area (Å²) in [7, 11) is 3.33. The van der Waals surface area contributed by atoms with Crippen molar-refractivity contribution in [3.05, 3.63) is 40.2 Å². The molecule has 0 radical (unpaired) electrons. The maximum absolute atomic E-state index is 12.1. The molecule has 1 aromatic carbocycles. The van der Waals surface area contributed by atoms with E-state index >= 15 is 0 Å². The van der Waals surface area contributed by atoms with E-state index in [1.807, 2.05) is 13.8 Å². The van der Waals surface area contributed by atoms with Crippen LogP contribution >= 0.6 is 11.6 Å². The van der Waals surface area contributed by atoms with E-state index in [0.29, 0.717) is 22.0 Å². The number of nitrogens with one attached hydrogen (secondary N) is 2. The molecule has 0 aliphatic rings. The molecular weight excluding hydrogens is 344 g/mol. The molecular formula is C17H21ClN4O3. The highest BCUT2D eigenvalue weighted by Crippen LogP contribution is 2.23. The Labute approximate surface area is 151 Å². The van der Waals surface area contributed by atoms with Crippen LogP contribution in [0.1, 0.15) is 17.0 Å². The van der Waals surface area contributed by atoms with Crippen LogP contribution in [0.15, 0.2) is 18.2 Å². The lowest BCUT2D eigenvalue weighted by molar-refractivity contribution is -0.123. The van der Waals surface area contributed by atoms with E-state index in [-0.39, 0.29) is 24.8 Å². The van der Waals surface area contributed by atoms with Gasteiger partial charge in [-0.25, -0.2) is 0 Å². The number of carbonyl (C=O) groups excluding carboxylic acids is 2. The van der Waals surface area contributed by atoms with E-state index in [2.05, 4.69) is 15.7 Å². The Morgan fingerprint density at radius 3 is 2.60 bits per heavy atom. The Kier molecular flexibility index (Phi) is 6.03. The van der Waals surface area contributed by atoms with Gasteiger partial charge in [0.15, 0.2) is 0 Å². The molecule has 25 heavy (non-hydrogen) atoms. The number of amides is 2. The van der Waals surface area contributed by atoms with E-state index < -0.39 is 0 Å². The van der Waals surface area contributed by atoms with Crippen LogP contribution < -0.4 is 15.4 Å². The van der Waals surface area contributed by atoms with Crippen LogP contribution in [0.25, 0.3) is 0 Å². The van der Waals surface area contributed by atoms with E-state index in [9.17, 15) is 9.59 Å². The molecule has 0 fully saturated rings. The molecule has 0 bridgehead atoms. The predicted octanol–water partition coefficient (Wildman–Crippen LogP) is 2.00. The van der Waals surface area contributed by atoms with Gasteiger partial charge in [0, 0.05) is 17.6 Å². The Morgan fingerprint density at radius 1 is 1.28 bits per heavy atom. The standard InChI is InChI=1S/C17H21ClN4O3/c1-10-17(11(2)22(3)21-10)20-16(24)9-19-15(23)8-12-7-13(18)5-6-14(12)25-4/h5-7H,8-9H2,1-4H3,(H,19,23)(H,20,24). The average Bonchev–Trinajstić information content (AvgIpc) is 2.79. The largest absolute Gasteiger partial charge is 0.496 e. The first kappa shape index (κ1) is 18.8. The smallest absolute Gasteiger partial charge is 0.243 e. The minimum absolute atomic E-state index is 0.0714. The van der Waals surface area contributed by atoms with Gasteiger partial charge in [0.25, 0.3) is 0 Å². The fourth-order valence-corrected chi connectivity index (χ4v) is 2.63. The lowest BCUT2D eigenvalue weighted by atomic mass is 10.1. The van der Waals surface area contributed by atoms with Crippen LogP contribution in [0.4, 0.5) is 5.69 Å². The number of methoxy groups -OCH3 is 1. The number of nitrogens with zero attached hydrogens (tertiary/aromatic N) is 2. The number of halogens is 1. The van der Waals surface area contributed by atoms with Crippen molar-refractivity contribution in [3.8, 4) is 5.75 Å². The SMILES string of the molecule is COc1ccc(Cl)cc1CC(=O)NCC(=O)Nc1c(C)nn(C)c1C. The summed E-state index contributed by atoms with van der Waals surface area (Å²) in [5, 5.41) is 10.1. The third kappa shape index (κ3) is 4.73. The number of hydrogen-bond donors (Lipinski definition) is 2. The molecule has 1 aromatic heterocycles. The lowest BCUT2D eigenvalue weighted by Gasteiger charge is -2.10. The van der Waals surface area contributed by atoms with E-state index in [1.165, 1.54) is 7.11 Å². The van der Waals surface area contributed by atoms with Gasteiger partial charge in [-0.1, -0.05) is 11.6 Å². The topological polar surface area (TPSA) is 85.2 Å². The lowest BCUT2D eigenvalue weighted by Crippen LogP contribution is -2.34. The Hall–Kier alpha value is -2.54.